The van der Waals surface area contributed by atoms with Gasteiger partial charge in [0, 0.05) is 12.1 Å². The van der Waals surface area contributed by atoms with E-state index in [1.54, 1.807) is 11.8 Å². The van der Waals surface area contributed by atoms with Crippen LogP contribution in [0.15, 0.2) is 24.3 Å². The van der Waals surface area contributed by atoms with E-state index in [-0.39, 0.29) is 11.2 Å². The van der Waals surface area contributed by atoms with Gasteiger partial charge in [0.05, 0.1) is 11.8 Å². The number of carbonyl (C=O) groups is 1. The van der Waals surface area contributed by atoms with Crippen LogP contribution in [0.4, 0.5) is 0 Å². The van der Waals surface area contributed by atoms with Gasteiger partial charge in [-0.05, 0) is 36.3 Å². The minimum atomic E-state index is 0.139. The fraction of sp³-hybridized carbons (Fsp3) is 0.400. The van der Waals surface area contributed by atoms with Gasteiger partial charge in [-0.3, -0.25) is 4.79 Å². The van der Waals surface area contributed by atoms with E-state index in [1.165, 1.54) is 0 Å². The number of thioether (sulfide) groups is 1. The van der Waals surface area contributed by atoms with E-state index in [1.807, 2.05) is 24.3 Å². The molecular formula is C15H18N2OS. The molecule has 1 aromatic carbocycles. The molecule has 1 unspecified atom stereocenters. The molecule has 0 aromatic heterocycles. The topological polar surface area (TPSA) is 55.1 Å². The third-order valence-corrected chi connectivity index (χ3v) is 4.33. The lowest BCUT2D eigenvalue weighted by molar-refractivity contribution is -0.120. The van der Waals surface area contributed by atoms with E-state index in [2.05, 4.69) is 17.2 Å². The molecule has 0 spiro atoms. The van der Waals surface area contributed by atoms with Crippen LogP contribution in [0.5, 0.6) is 0 Å². The summed E-state index contributed by atoms with van der Waals surface area (Å²) in [5, 5.41) is 3.13. The van der Waals surface area contributed by atoms with Crippen LogP contribution >= 0.6 is 11.8 Å². The SMILES string of the molecule is NCC#Cc1cccc(CNC(=O)C2CCCS2)c1. The quantitative estimate of drug-likeness (QED) is 0.822. The average Bonchev–Trinajstić information content (AvgIpc) is 2.97. The van der Waals surface area contributed by atoms with Gasteiger partial charge in [0.25, 0.3) is 0 Å². The Balaban J connectivity index is 1.90. The summed E-state index contributed by atoms with van der Waals surface area (Å²) in [4.78, 5) is 11.9. The molecule has 0 bridgehead atoms. The largest absolute Gasteiger partial charge is 0.351 e. The molecule has 0 radical (unpaired) electrons. The maximum atomic E-state index is 11.9. The number of rotatable bonds is 3. The molecule has 1 atom stereocenters. The third kappa shape index (κ3) is 4.30. The summed E-state index contributed by atoms with van der Waals surface area (Å²) in [6.07, 6.45) is 2.14. The van der Waals surface area contributed by atoms with Crippen molar-refractivity contribution in [2.75, 3.05) is 12.3 Å². The van der Waals surface area contributed by atoms with E-state index < -0.39 is 0 Å². The Kier molecular flexibility index (Phi) is 5.31. The van der Waals surface area contributed by atoms with Gasteiger partial charge in [0.2, 0.25) is 5.91 Å². The molecule has 0 saturated carbocycles. The summed E-state index contributed by atoms with van der Waals surface area (Å²) in [5.74, 6) is 7.08. The van der Waals surface area contributed by atoms with Gasteiger partial charge in [0.1, 0.15) is 0 Å². The van der Waals surface area contributed by atoms with Gasteiger partial charge >= 0.3 is 0 Å². The van der Waals surface area contributed by atoms with E-state index in [4.69, 9.17) is 5.73 Å². The Hall–Kier alpha value is -1.44. The van der Waals surface area contributed by atoms with Crippen LogP contribution in [-0.2, 0) is 11.3 Å². The normalized spacial score (nSPS) is 17.6. The number of amides is 1. The Morgan fingerprint density at radius 3 is 3.16 bits per heavy atom. The molecule has 0 aliphatic carbocycles. The van der Waals surface area contributed by atoms with Crippen molar-refractivity contribution in [1.29, 1.82) is 0 Å². The molecule has 1 aromatic rings. The molecule has 19 heavy (non-hydrogen) atoms. The van der Waals surface area contributed by atoms with Crippen LogP contribution < -0.4 is 11.1 Å². The van der Waals surface area contributed by atoms with Crippen LogP contribution in [0, 0.1) is 11.8 Å². The second-order valence-electron chi connectivity index (χ2n) is 4.43. The second kappa shape index (κ2) is 7.22. The zero-order valence-electron chi connectivity index (χ0n) is 10.8. The van der Waals surface area contributed by atoms with Gasteiger partial charge in [0.15, 0.2) is 0 Å². The fourth-order valence-electron chi connectivity index (χ4n) is 2.00. The third-order valence-electron chi connectivity index (χ3n) is 2.95. The maximum absolute atomic E-state index is 11.9. The van der Waals surface area contributed by atoms with E-state index in [9.17, 15) is 4.79 Å². The van der Waals surface area contributed by atoms with Crippen LogP contribution in [0.25, 0.3) is 0 Å². The number of nitrogens with one attached hydrogen (secondary N) is 1. The highest BCUT2D eigenvalue weighted by Crippen LogP contribution is 2.26. The molecule has 1 amide bonds. The number of hydrogen-bond donors (Lipinski definition) is 2. The summed E-state index contributed by atoms with van der Waals surface area (Å²) in [5.41, 5.74) is 7.36. The number of hydrogen-bond acceptors (Lipinski definition) is 3. The monoisotopic (exact) mass is 274 g/mol. The summed E-state index contributed by atoms with van der Waals surface area (Å²) in [7, 11) is 0. The molecule has 1 aliphatic heterocycles. The van der Waals surface area contributed by atoms with Crippen molar-refractivity contribution in [3.8, 4) is 11.8 Å². The molecule has 4 heteroatoms. The highest BCUT2D eigenvalue weighted by Gasteiger charge is 2.22. The average molecular weight is 274 g/mol. The summed E-state index contributed by atoms with van der Waals surface area (Å²) in [6, 6.07) is 7.88. The number of nitrogens with two attached hydrogens (primary N) is 1. The molecular weight excluding hydrogens is 256 g/mol. The molecule has 1 saturated heterocycles. The van der Waals surface area contributed by atoms with Crippen molar-refractivity contribution >= 4 is 17.7 Å². The highest BCUT2D eigenvalue weighted by molar-refractivity contribution is 8.00. The summed E-state index contributed by atoms with van der Waals surface area (Å²) >= 11 is 1.75. The predicted octanol–water partition coefficient (Wildman–Crippen LogP) is 1.51. The lowest BCUT2D eigenvalue weighted by Gasteiger charge is -2.10. The van der Waals surface area contributed by atoms with Gasteiger partial charge < -0.3 is 11.1 Å². The van der Waals surface area contributed by atoms with Crippen molar-refractivity contribution in [3.63, 3.8) is 0 Å². The van der Waals surface area contributed by atoms with E-state index in [0.717, 1.165) is 29.7 Å². The fourth-order valence-corrected chi connectivity index (χ4v) is 3.19. The predicted molar refractivity (Wildman–Crippen MR) is 79.7 cm³/mol. The first-order valence-electron chi connectivity index (χ1n) is 6.47. The Morgan fingerprint density at radius 1 is 1.53 bits per heavy atom. The van der Waals surface area contributed by atoms with Gasteiger partial charge in [-0.25, -0.2) is 0 Å². The van der Waals surface area contributed by atoms with Gasteiger partial charge in [-0.2, -0.15) is 0 Å². The highest BCUT2D eigenvalue weighted by atomic mass is 32.2. The Morgan fingerprint density at radius 2 is 2.42 bits per heavy atom. The van der Waals surface area contributed by atoms with Crippen LogP contribution in [-0.4, -0.2) is 23.5 Å². The van der Waals surface area contributed by atoms with Crippen LogP contribution in [0.3, 0.4) is 0 Å². The molecule has 2 rings (SSSR count). The first-order chi connectivity index (χ1) is 9.29. The van der Waals surface area contributed by atoms with Gasteiger partial charge in [-0.1, -0.05) is 24.0 Å². The van der Waals surface area contributed by atoms with E-state index in [0.29, 0.717) is 13.1 Å². The van der Waals surface area contributed by atoms with E-state index >= 15 is 0 Å². The van der Waals surface area contributed by atoms with Crippen LogP contribution in [0.1, 0.15) is 24.0 Å². The standard InChI is InChI=1S/C15H18N2OS/c16-8-2-6-12-4-1-5-13(10-12)11-17-15(18)14-7-3-9-19-14/h1,4-5,10,14H,3,7-9,11,16H2,(H,17,18). The lowest BCUT2D eigenvalue weighted by atomic mass is 10.1. The van der Waals surface area contributed by atoms with Gasteiger partial charge in [-0.15, -0.1) is 11.8 Å². The zero-order chi connectivity index (χ0) is 13.5. The Labute approximate surface area is 118 Å². The van der Waals surface area contributed by atoms with Crippen molar-refractivity contribution < 1.29 is 4.79 Å². The van der Waals surface area contributed by atoms with Crippen molar-refractivity contribution in [2.24, 2.45) is 5.73 Å². The molecule has 100 valence electrons. The smallest absolute Gasteiger partial charge is 0.233 e. The van der Waals surface area contributed by atoms with Crippen LogP contribution in [0.2, 0.25) is 0 Å². The summed E-state index contributed by atoms with van der Waals surface area (Å²) in [6.45, 7) is 0.925. The first-order valence-corrected chi connectivity index (χ1v) is 7.51. The minimum Gasteiger partial charge on any atom is -0.351 e. The van der Waals surface area contributed by atoms with Crippen molar-refractivity contribution in [1.82, 2.24) is 5.32 Å². The maximum Gasteiger partial charge on any atom is 0.233 e. The van der Waals surface area contributed by atoms with Crippen molar-refractivity contribution in [3.05, 3.63) is 35.4 Å². The molecule has 3 nitrogen and oxygen atoms in total. The Bertz CT molecular complexity index is 498. The molecule has 1 heterocycles. The molecule has 3 N–H and O–H groups in total. The minimum absolute atomic E-state index is 0.139. The van der Waals surface area contributed by atoms with Crippen molar-refractivity contribution in [2.45, 2.75) is 24.6 Å². The second-order valence-corrected chi connectivity index (χ2v) is 5.74. The first kappa shape index (κ1) is 14.0. The molecule has 1 fully saturated rings. The number of carbonyl (C=O) groups excluding carboxylic acids is 1. The number of benzene rings is 1. The zero-order valence-corrected chi connectivity index (χ0v) is 11.6. The lowest BCUT2D eigenvalue weighted by Crippen LogP contribution is -2.30. The molecule has 1 aliphatic rings. The summed E-state index contributed by atoms with van der Waals surface area (Å²) < 4.78 is 0.